The third-order valence-electron chi connectivity index (χ3n) is 3.00. The molecule has 100 valence electrons. The predicted octanol–water partition coefficient (Wildman–Crippen LogP) is 0.174. The van der Waals surface area contributed by atoms with Gasteiger partial charge in [-0.2, -0.15) is 0 Å². The summed E-state index contributed by atoms with van der Waals surface area (Å²) in [6.45, 7) is 0.711. The van der Waals surface area contributed by atoms with E-state index in [2.05, 4.69) is 4.98 Å². The van der Waals surface area contributed by atoms with E-state index in [4.69, 9.17) is 27.8 Å². The summed E-state index contributed by atoms with van der Waals surface area (Å²) in [6, 6.07) is 1.45. The summed E-state index contributed by atoms with van der Waals surface area (Å²) in [5, 5.41) is 18.8. The molecule has 1 saturated heterocycles. The van der Waals surface area contributed by atoms with Crippen LogP contribution in [0, 0.1) is 4.77 Å². The average molecular weight is 275 g/mol. The second-order valence-electron chi connectivity index (χ2n) is 4.35. The van der Waals surface area contributed by atoms with Gasteiger partial charge in [0.1, 0.15) is 18.0 Å². The summed E-state index contributed by atoms with van der Waals surface area (Å²) in [5.74, 6) is 0.217. The maximum absolute atomic E-state index is 14.5. The number of aliphatic hydroxyl groups excluding tert-OH is 2. The van der Waals surface area contributed by atoms with Crippen molar-refractivity contribution in [3.8, 4) is 0 Å². The second-order valence-corrected chi connectivity index (χ2v) is 4.71. The quantitative estimate of drug-likeness (QED) is 0.666. The largest absolute Gasteiger partial charge is 0.394 e. The summed E-state index contributed by atoms with van der Waals surface area (Å²) in [5.41, 5.74) is 3.38. The number of rotatable bonds is 2. The molecule has 1 aliphatic heterocycles. The lowest BCUT2D eigenvalue weighted by Crippen LogP contribution is -2.40. The monoisotopic (exact) mass is 275 g/mol. The molecule has 0 amide bonds. The maximum atomic E-state index is 14.5. The van der Waals surface area contributed by atoms with Crippen molar-refractivity contribution in [1.82, 2.24) is 9.55 Å². The fourth-order valence-electron chi connectivity index (χ4n) is 1.97. The van der Waals surface area contributed by atoms with Crippen molar-refractivity contribution in [2.75, 3.05) is 12.3 Å². The normalized spacial score (nSPS) is 35.9. The molecule has 0 aromatic carbocycles. The lowest BCUT2D eigenvalue weighted by molar-refractivity contribution is -0.0600. The Morgan fingerprint density at radius 2 is 2.39 bits per heavy atom. The van der Waals surface area contributed by atoms with Crippen LogP contribution in [-0.2, 0) is 4.74 Å². The van der Waals surface area contributed by atoms with E-state index < -0.39 is 30.7 Å². The lowest BCUT2D eigenvalue weighted by Gasteiger charge is -2.25. The molecule has 2 rings (SSSR count). The van der Waals surface area contributed by atoms with Gasteiger partial charge in [-0.05, 0) is 25.2 Å². The molecule has 4 N–H and O–H groups in total. The van der Waals surface area contributed by atoms with Crippen LogP contribution in [0.5, 0.6) is 0 Å². The zero-order valence-electron chi connectivity index (χ0n) is 9.65. The Hall–Kier alpha value is -1.09. The van der Waals surface area contributed by atoms with Crippen LogP contribution < -0.4 is 5.73 Å². The van der Waals surface area contributed by atoms with Gasteiger partial charge in [0.05, 0.1) is 6.61 Å². The molecule has 1 aliphatic rings. The van der Waals surface area contributed by atoms with Crippen LogP contribution in [0.1, 0.15) is 13.2 Å². The van der Waals surface area contributed by atoms with E-state index in [0.29, 0.717) is 0 Å². The van der Waals surface area contributed by atoms with Crippen molar-refractivity contribution >= 4 is 18.0 Å². The summed E-state index contributed by atoms with van der Waals surface area (Å²) >= 11 is 4.97. The van der Waals surface area contributed by atoms with Gasteiger partial charge in [-0.1, -0.05) is 0 Å². The summed E-state index contributed by atoms with van der Waals surface area (Å²) in [4.78, 5) is 3.82. The van der Waals surface area contributed by atoms with Gasteiger partial charge in [0.15, 0.2) is 11.9 Å². The van der Waals surface area contributed by atoms with E-state index in [9.17, 15) is 9.50 Å². The second kappa shape index (κ2) is 4.54. The van der Waals surface area contributed by atoms with Crippen molar-refractivity contribution in [3.63, 3.8) is 0 Å². The molecule has 0 bridgehead atoms. The first kappa shape index (κ1) is 13.3. The number of hydrogen-bond acceptors (Lipinski definition) is 6. The smallest absolute Gasteiger partial charge is 0.203 e. The van der Waals surface area contributed by atoms with Crippen molar-refractivity contribution < 1.29 is 19.3 Å². The first-order chi connectivity index (χ1) is 8.37. The molecule has 6 nitrogen and oxygen atoms in total. The highest BCUT2D eigenvalue weighted by Crippen LogP contribution is 2.41. The highest BCUT2D eigenvalue weighted by Gasteiger charge is 2.54. The number of nitrogens with two attached hydrogens (primary N) is 1. The number of anilines is 1. The molecule has 1 fully saturated rings. The molecule has 0 spiro atoms. The van der Waals surface area contributed by atoms with Crippen molar-refractivity contribution in [1.29, 1.82) is 0 Å². The third kappa shape index (κ3) is 2.01. The van der Waals surface area contributed by atoms with E-state index in [1.807, 2.05) is 0 Å². The third-order valence-corrected chi connectivity index (χ3v) is 3.30. The molecule has 1 aromatic heterocycles. The number of nitrogen functional groups attached to an aromatic ring is 1. The van der Waals surface area contributed by atoms with E-state index in [1.54, 1.807) is 0 Å². The molecular weight excluding hydrogens is 261 g/mol. The van der Waals surface area contributed by atoms with Crippen molar-refractivity contribution in [3.05, 3.63) is 17.0 Å². The van der Waals surface area contributed by atoms with Crippen molar-refractivity contribution in [2.24, 2.45) is 0 Å². The van der Waals surface area contributed by atoms with Gasteiger partial charge in [-0.25, -0.2) is 9.37 Å². The standard InChI is InChI=1S/C10H14FN3O3S/c1-10(11)7(16)5(4-15)17-8(10)14-3-2-6(12)13-9(14)18/h2-3,5,7-8,15-16H,4H2,1H3,(H2,12,13,18)/t5-,7+,8-,10?/m1/s1. The zero-order valence-corrected chi connectivity index (χ0v) is 10.5. The first-order valence-electron chi connectivity index (χ1n) is 5.36. The van der Waals surface area contributed by atoms with Crippen molar-refractivity contribution in [2.45, 2.75) is 31.0 Å². The highest BCUT2D eigenvalue weighted by atomic mass is 32.1. The SMILES string of the molecule is CC1(F)[C@@H](O)[C@@H](CO)O[C@H]1n1ccc(N)nc1=S. The molecule has 2 heterocycles. The van der Waals surface area contributed by atoms with E-state index >= 15 is 0 Å². The Morgan fingerprint density at radius 3 is 2.89 bits per heavy atom. The molecule has 1 aromatic rings. The van der Waals surface area contributed by atoms with Gasteiger partial charge in [-0.15, -0.1) is 0 Å². The Balaban J connectivity index is 2.42. The number of nitrogens with zero attached hydrogens (tertiary/aromatic N) is 2. The van der Waals surface area contributed by atoms with Crippen LogP contribution in [-0.4, -0.2) is 44.2 Å². The fourth-order valence-corrected chi connectivity index (χ4v) is 2.23. The minimum atomic E-state index is -2.08. The van der Waals surface area contributed by atoms with Gasteiger partial charge in [0.25, 0.3) is 0 Å². The molecule has 0 radical (unpaired) electrons. The zero-order chi connectivity index (χ0) is 13.5. The number of aliphatic hydroxyl groups is 2. The number of ether oxygens (including phenoxy) is 1. The summed E-state index contributed by atoms with van der Waals surface area (Å²) < 4.78 is 21.1. The Labute approximate surface area is 108 Å². The average Bonchev–Trinajstić information content (AvgIpc) is 2.52. The number of hydrogen-bond donors (Lipinski definition) is 3. The molecule has 8 heteroatoms. The lowest BCUT2D eigenvalue weighted by atomic mass is 9.99. The van der Waals surface area contributed by atoms with Crippen LogP contribution in [0.15, 0.2) is 12.3 Å². The number of halogens is 1. The summed E-state index contributed by atoms with van der Waals surface area (Å²) in [7, 11) is 0. The van der Waals surface area contributed by atoms with Gasteiger partial charge in [-0.3, -0.25) is 4.57 Å². The van der Waals surface area contributed by atoms with Crippen LogP contribution in [0.25, 0.3) is 0 Å². The van der Waals surface area contributed by atoms with Gasteiger partial charge >= 0.3 is 0 Å². The molecule has 0 saturated carbocycles. The van der Waals surface area contributed by atoms with E-state index in [0.717, 1.165) is 0 Å². The fraction of sp³-hybridized carbons (Fsp3) is 0.600. The number of aromatic nitrogens is 2. The molecule has 18 heavy (non-hydrogen) atoms. The Morgan fingerprint density at radius 1 is 1.72 bits per heavy atom. The van der Waals surface area contributed by atoms with Crippen LogP contribution >= 0.6 is 12.2 Å². The Bertz CT molecular complexity index is 507. The van der Waals surface area contributed by atoms with Crippen LogP contribution in [0.4, 0.5) is 10.2 Å². The summed E-state index contributed by atoms with van der Waals surface area (Å²) in [6.07, 6.45) is -2.14. The van der Waals surface area contributed by atoms with E-state index in [-0.39, 0.29) is 10.6 Å². The molecular formula is C10H14FN3O3S. The van der Waals surface area contributed by atoms with E-state index in [1.165, 1.54) is 23.8 Å². The van der Waals surface area contributed by atoms with Gasteiger partial charge in [0, 0.05) is 6.20 Å². The predicted molar refractivity (Wildman–Crippen MR) is 64.0 cm³/mol. The maximum Gasteiger partial charge on any atom is 0.203 e. The highest BCUT2D eigenvalue weighted by molar-refractivity contribution is 7.71. The first-order valence-corrected chi connectivity index (χ1v) is 5.76. The minimum absolute atomic E-state index is 0.0506. The molecule has 0 aliphatic carbocycles. The minimum Gasteiger partial charge on any atom is -0.394 e. The van der Waals surface area contributed by atoms with Gasteiger partial charge < -0.3 is 20.7 Å². The van der Waals surface area contributed by atoms with Gasteiger partial charge in [0.2, 0.25) is 4.77 Å². The van der Waals surface area contributed by atoms with Crippen LogP contribution in [0.2, 0.25) is 0 Å². The Kier molecular flexibility index (Phi) is 3.37. The molecule has 1 unspecified atom stereocenters. The number of alkyl halides is 1. The molecule has 4 atom stereocenters. The van der Waals surface area contributed by atoms with Crippen LogP contribution in [0.3, 0.4) is 0 Å². The topological polar surface area (TPSA) is 93.5 Å².